The third-order valence-electron chi connectivity index (χ3n) is 3.73. The molecule has 1 aliphatic rings. The Labute approximate surface area is 120 Å². The van der Waals surface area contributed by atoms with Gasteiger partial charge < -0.3 is 14.8 Å². The molecule has 0 aliphatic carbocycles. The lowest BCUT2D eigenvalue weighted by Crippen LogP contribution is -2.30. The van der Waals surface area contributed by atoms with Crippen molar-refractivity contribution >= 4 is 9.84 Å². The lowest BCUT2D eigenvalue weighted by atomic mass is 10.1. The summed E-state index contributed by atoms with van der Waals surface area (Å²) in [6, 6.07) is 5.29. The van der Waals surface area contributed by atoms with E-state index in [0.29, 0.717) is 17.9 Å². The first kappa shape index (κ1) is 15.1. The molecule has 1 heterocycles. The van der Waals surface area contributed by atoms with Crippen molar-refractivity contribution in [1.29, 1.82) is 0 Å². The summed E-state index contributed by atoms with van der Waals surface area (Å²) < 4.78 is 35.1. The Morgan fingerprint density at radius 2 is 2.00 bits per heavy atom. The van der Waals surface area contributed by atoms with E-state index in [0.717, 1.165) is 5.56 Å². The summed E-state index contributed by atoms with van der Waals surface area (Å²) in [5.41, 5.74) is 0.892. The Kier molecular flexibility index (Phi) is 4.55. The molecule has 6 heteroatoms. The maximum Gasteiger partial charge on any atom is 0.231 e. The van der Waals surface area contributed by atoms with Gasteiger partial charge in [0.2, 0.25) is 6.79 Å². The van der Waals surface area contributed by atoms with Gasteiger partial charge in [-0.05, 0) is 38.1 Å². The van der Waals surface area contributed by atoms with Gasteiger partial charge in [0.05, 0.1) is 11.0 Å². The number of ether oxygens (including phenoxy) is 2. The van der Waals surface area contributed by atoms with Crippen molar-refractivity contribution in [2.24, 2.45) is 0 Å². The number of sulfone groups is 1. The lowest BCUT2D eigenvalue weighted by Gasteiger charge is -2.19. The van der Waals surface area contributed by atoms with Crippen LogP contribution in [0, 0.1) is 0 Å². The van der Waals surface area contributed by atoms with Crippen LogP contribution in [0.15, 0.2) is 18.2 Å². The van der Waals surface area contributed by atoms with Crippen molar-refractivity contribution in [2.75, 3.05) is 19.6 Å². The van der Waals surface area contributed by atoms with Crippen LogP contribution in [0.3, 0.4) is 0 Å². The van der Waals surface area contributed by atoms with Gasteiger partial charge >= 0.3 is 0 Å². The molecule has 0 amide bonds. The molecule has 2 atom stereocenters. The van der Waals surface area contributed by atoms with Gasteiger partial charge in [0.15, 0.2) is 21.3 Å². The van der Waals surface area contributed by atoms with Crippen LogP contribution >= 0.6 is 0 Å². The standard InChI is InChI=1S/C14H21NO4S/c1-4-10(2)20(16,17)8-12(15-3)11-5-6-13-14(7-11)19-9-18-13/h5-7,10,12,15H,4,8-9H2,1-3H3. The van der Waals surface area contributed by atoms with E-state index in [-0.39, 0.29) is 23.8 Å². The molecule has 112 valence electrons. The lowest BCUT2D eigenvalue weighted by molar-refractivity contribution is 0.174. The first-order valence-electron chi connectivity index (χ1n) is 6.76. The normalized spacial score (nSPS) is 16.9. The van der Waals surface area contributed by atoms with Crippen molar-refractivity contribution in [3.8, 4) is 11.5 Å². The molecular formula is C14H21NO4S. The Morgan fingerprint density at radius 1 is 1.30 bits per heavy atom. The fraction of sp³-hybridized carbons (Fsp3) is 0.571. The van der Waals surface area contributed by atoms with E-state index in [1.807, 2.05) is 25.1 Å². The Hall–Kier alpha value is -1.27. The molecule has 2 rings (SSSR count). The highest BCUT2D eigenvalue weighted by atomic mass is 32.2. The summed E-state index contributed by atoms with van der Waals surface area (Å²) in [4.78, 5) is 0. The molecule has 0 saturated heterocycles. The van der Waals surface area contributed by atoms with Crippen molar-refractivity contribution in [1.82, 2.24) is 5.32 Å². The first-order valence-corrected chi connectivity index (χ1v) is 8.48. The Morgan fingerprint density at radius 3 is 2.65 bits per heavy atom. The quantitative estimate of drug-likeness (QED) is 0.869. The van der Waals surface area contributed by atoms with Crippen LogP contribution in [0.4, 0.5) is 0 Å². The third kappa shape index (κ3) is 3.07. The maximum absolute atomic E-state index is 12.2. The van der Waals surface area contributed by atoms with E-state index in [1.165, 1.54) is 0 Å². The smallest absolute Gasteiger partial charge is 0.231 e. The van der Waals surface area contributed by atoms with Crippen LogP contribution in [-0.4, -0.2) is 33.3 Å². The summed E-state index contributed by atoms with van der Waals surface area (Å²) in [5, 5.41) is 2.74. The van der Waals surface area contributed by atoms with Crippen LogP contribution < -0.4 is 14.8 Å². The van der Waals surface area contributed by atoms with Crippen molar-refractivity contribution < 1.29 is 17.9 Å². The van der Waals surface area contributed by atoms with Crippen molar-refractivity contribution in [2.45, 2.75) is 31.6 Å². The molecule has 0 fully saturated rings. The summed E-state index contributed by atoms with van der Waals surface area (Å²) in [6.07, 6.45) is 0.625. The highest BCUT2D eigenvalue weighted by Gasteiger charge is 2.25. The number of fused-ring (bicyclic) bond motifs is 1. The van der Waals surface area contributed by atoms with E-state index < -0.39 is 9.84 Å². The van der Waals surface area contributed by atoms with Crippen LogP contribution in [0.25, 0.3) is 0 Å². The van der Waals surface area contributed by atoms with Gasteiger partial charge in [-0.15, -0.1) is 0 Å². The molecule has 1 aromatic rings. The van der Waals surface area contributed by atoms with Crippen LogP contribution in [0.1, 0.15) is 31.9 Å². The van der Waals surface area contributed by atoms with Crippen molar-refractivity contribution in [3.05, 3.63) is 23.8 Å². The zero-order chi connectivity index (χ0) is 14.8. The fourth-order valence-electron chi connectivity index (χ4n) is 2.13. The molecule has 2 unspecified atom stereocenters. The van der Waals surface area contributed by atoms with Gasteiger partial charge in [0.25, 0.3) is 0 Å². The van der Waals surface area contributed by atoms with Crippen LogP contribution in [0.5, 0.6) is 11.5 Å². The third-order valence-corrected chi connectivity index (χ3v) is 6.09. The number of benzene rings is 1. The number of hydrogen-bond donors (Lipinski definition) is 1. The number of hydrogen-bond acceptors (Lipinski definition) is 5. The highest BCUT2D eigenvalue weighted by Crippen LogP contribution is 2.34. The number of rotatable bonds is 6. The SMILES string of the molecule is CCC(C)S(=O)(=O)CC(NC)c1ccc2c(c1)OCO2. The van der Waals surface area contributed by atoms with Gasteiger partial charge in [-0.2, -0.15) is 0 Å². The molecule has 0 radical (unpaired) electrons. The van der Waals surface area contributed by atoms with Gasteiger partial charge in [0, 0.05) is 6.04 Å². The van der Waals surface area contributed by atoms with Gasteiger partial charge in [-0.1, -0.05) is 13.0 Å². The molecule has 1 aliphatic heterocycles. The minimum absolute atomic E-state index is 0.0815. The molecule has 0 saturated carbocycles. The number of nitrogens with one attached hydrogen (secondary N) is 1. The highest BCUT2D eigenvalue weighted by molar-refractivity contribution is 7.92. The molecule has 1 N–H and O–H groups in total. The van der Waals surface area contributed by atoms with E-state index >= 15 is 0 Å². The summed E-state index contributed by atoms with van der Waals surface area (Å²) in [6.45, 7) is 3.85. The average molecular weight is 299 g/mol. The van der Waals surface area contributed by atoms with Crippen LogP contribution in [0.2, 0.25) is 0 Å². The van der Waals surface area contributed by atoms with E-state index in [2.05, 4.69) is 5.32 Å². The topological polar surface area (TPSA) is 64.6 Å². The molecule has 0 spiro atoms. The summed E-state index contributed by atoms with van der Waals surface area (Å²) in [5.74, 6) is 1.45. The van der Waals surface area contributed by atoms with Crippen LogP contribution in [-0.2, 0) is 9.84 Å². The molecule has 0 bridgehead atoms. The van der Waals surface area contributed by atoms with E-state index in [9.17, 15) is 8.42 Å². The predicted molar refractivity (Wildman–Crippen MR) is 77.9 cm³/mol. The van der Waals surface area contributed by atoms with Crippen molar-refractivity contribution in [3.63, 3.8) is 0 Å². The zero-order valence-corrected chi connectivity index (χ0v) is 12.9. The van der Waals surface area contributed by atoms with E-state index in [1.54, 1.807) is 14.0 Å². The molecule has 20 heavy (non-hydrogen) atoms. The summed E-state index contributed by atoms with van der Waals surface area (Å²) >= 11 is 0. The maximum atomic E-state index is 12.2. The average Bonchev–Trinajstić information content (AvgIpc) is 2.91. The minimum atomic E-state index is -3.12. The Bertz CT molecular complexity index is 571. The van der Waals surface area contributed by atoms with E-state index in [4.69, 9.17) is 9.47 Å². The predicted octanol–water partition coefficient (Wildman–Crippen LogP) is 1.89. The monoisotopic (exact) mass is 299 g/mol. The second kappa shape index (κ2) is 6.01. The largest absolute Gasteiger partial charge is 0.454 e. The second-order valence-corrected chi connectivity index (χ2v) is 7.47. The Balaban J connectivity index is 2.21. The van der Waals surface area contributed by atoms with Gasteiger partial charge in [-0.25, -0.2) is 8.42 Å². The molecule has 5 nitrogen and oxygen atoms in total. The molecule has 1 aromatic carbocycles. The first-order chi connectivity index (χ1) is 9.47. The molecule has 0 aromatic heterocycles. The zero-order valence-electron chi connectivity index (χ0n) is 12.0. The van der Waals surface area contributed by atoms with Gasteiger partial charge in [0.1, 0.15) is 0 Å². The van der Waals surface area contributed by atoms with Gasteiger partial charge in [-0.3, -0.25) is 0 Å². The summed E-state index contributed by atoms with van der Waals surface area (Å²) in [7, 11) is -1.35. The second-order valence-electron chi connectivity index (χ2n) is 5.00. The fourth-order valence-corrected chi connectivity index (χ4v) is 3.79. The molecular weight excluding hydrogens is 278 g/mol. The minimum Gasteiger partial charge on any atom is -0.454 e.